The number of benzene rings is 3. The SMILES string of the molecule is O=C(Cn1ccc(=O)[nH]c1=O)NC(c1ccccc1)c1c(O)ccc2ccccc12. The second-order valence-corrected chi connectivity index (χ2v) is 6.87. The molecule has 4 rings (SSSR count). The molecule has 1 aromatic heterocycles. The Bertz CT molecular complexity index is 1330. The molecule has 3 aromatic carbocycles. The van der Waals surface area contributed by atoms with Gasteiger partial charge in [0.05, 0.1) is 6.04 Å². The van der Waals surface area contributed by atoms with Crippen LogP contribution in [-0.2, 0) is 11.3 Å². The van der Waals surface area contributed by atoms with Crippen LogP contribution in [0.15, 0.2) is 88.6 Å². The molecule has 0 aliphatic carbocycles. The summed E-state index contributed by atoms with van der Waals surface area (Å²) in [7, 11) is 0. The van der Waals surface area contributed by atoms with Gasteiger partial charge in [-0.05, 0) is 22.4 Å². The second kappa shape index (κ2) is 8.08. The van der Waals surface area contributed by atoms with Crippen molar-refractivity contribution in [3.05, 3.63) is 111 Å². The highest BCUT2D eigenvalue weighted by Gasteiger charge is 2.22. The summed E-state index contributed by atoms with van der Waals surface area (Å²) < 4.78 is 1.11. The number of aromatic amines is 1. The molecular formula is C23H19N3O4. The van der Waals surface area contributed by atoms with E-state index >= 15 is 0 Å². The first-order valence-electron chi connectivity index (χ1n) is 9.37. The summed E-state index contributed by atoms with van der Waals surface area (Å²) in [6.07, 6.45) is 1.27. The van der Waals surface area contributed by atoms with Gasteiger partial charge in [0.25, 0.3) is 5.56 Å². The number of phenolic OH excluding ortho intramolecular Hbond substituents is 1. The minimum atomic E-state index is -0.665. The van der Waals surface area contributed by atoms with Gasteiger partial charge in [0.2, 0.25) is 5.91 Å². The van der Waals surface area contributed by atoms with E-state index in [0.29, 0.717) is 5.56 Å². The molecule has 4 aromatic rings. The number of nitrogens with one attached hydrogen (secondary N) is 2. The van der Waals surface area contributed by atoms with E-state index < -0.39 is 23.2 Å². The third-order valence-electron chi connectivity index (χ3n) is 4.89. The average molecular weight is 401 g/mol. The van der Waals surface area contributed by atoms with E-state index in [1.54, 1.807) is 6.07 Å². The lowest BCUT2D eigenvalue weighted by atomic mass is 9.92. The Morgan fingerprint density at radius 2 is 1.70 bits per heavy atom. The Kier molecular flexibility index (Phi) is 5.17. The molecule has 1 atom stereocenters. The molecule has 0 aliphatic rings. The number of aromatic nitrogens is 2. The molecule has 1 heterocycles. The summed E-state index contributed by atoms with van der Waals surface area (Å²) in [5.41, 5.74) is 0.161. The van der Waals surface area contributed by atoms with Crippen molar-refractivity contribution < 1.29 is 9.90 Å². The minimum Gasteiger partial charge on any atom is -0.508 e. The third-order valence-corrected chi connectivity index (χ3v) is 4.89. The van der Waals surface area contributed by atoms with Crippen molar-refractivity contribution in [2.24, 2.45) is 0 Å². The second-order valence-electron chi connectivity index (χ2n) is 6.87. The quantitative estimate of drug-likeness (QED) is 0.477. The van der Waals surface area contributed by atoms with Crippen molar-refractivity contribution >= 4 is 16.7 Å². The fourth-order valence-corrected chi connectivity index (χ4v) is 3.49. The first-order valence-corrected chi connectivity index (χ1v) is 9.37. The maximum absolute atomic E-state index is 12.8. The van der Waals surface area contributed by atoms with Crippen LogP contribution in [0, 0.1) is 0 Å². The van der Waals surface area contributed by atoms with E-state index in [2.05, 4.69) is 10.3 Å². The molecule has 3 N–H and O–H groups in total. The zero-order valence-corrected chi connectivity index (χ0v) is 15.9. The summed E-state index contributed by atoms with van der Waals surface area (Å²) in [6.45, 7) is -0.273. The fourth-order valence-electron chi connectivity index (χ4n) is 3.49. The molecule has 0 spiro atoms. The highest BCUT2D eigenvalue weighted by molar-refractivity contribution is 5.89. The zero-order chi connectivity index (χ0) is 21.1. The zero-order valence-electron chi connectivity index (χ0n) is 15.9. The lowest BCUT2D eigenvalue weighted by Gasteiger charge is -2.23. The van der Waals surface area contributed by atoms with Crippen LogP contribution in [0.1, 0.15) is 17.2 Å². The summed E-state index contributed by atoms with van der Waals surface area (Å²) in [6, 6.07) is 20.8. The Balaban J connectivity index is 1.75. The third kappa shape index (κ3) is 3.86. The Hall–Kier alpha value is -4.13. The van der Waals surface area contributed by atoms with Crippen molar-refractivity contribution in [2.45, 2.75) is 12.6 Å². The molecule has 0 saturated heterocycles. The van der Waals surface area contributed by atoms with Crippen LogP contribution in [0.4, 0.5) is 0 Å². The predicted molar refractivity (Wildman–Crippen MR) is 113 cm³/mol. The van der Waals surface area contributed by atoms with E-state index in [9.17, 15) is 19.5 Å². The first-order chi connectivity index (χ1) is 14.5. The summed E-state index contributed by atoms with van der Waals surface area (Å²) in [5, 5.41) is 15.3. The van der Waals surface area contributed by atoms with Crippen LogP contribution in [0.5, 0.6) is 5.75 Å². The number of H-pyrrole nitrogens is 1. The monoisotopic (exact) mass is 401 g/mol. The minimum absolute atomic E-state index is 0.0593. The van der Waals surface area contributed by atoms with Crippen molar-refractivity contribution in [1.82, 2.24) is 14.9 Å². The molecule has 30 heavy (non-hydrogen) atoms. The van der Waals surface area contributed by atoms with E-state index in [1.807, 2.05) is 60.7 Å². The van der Waals surface area contributed by atoms with Crippen LogP contribution in [0.3, 0.4) is 0 Å². The molecule has 7 nitrogen and oxygen atoms in total. The van der Waals surface area contributed by atoms with Gasteiger partial charge in [0.1, 0.15) is 12.3 Å². The lowest BCUT2D eigenvalue weighted by Crippen LogP contribution is -2.37. The van der Waals surface area contributed by atoms with Crippen LogP contribution in [0.2, 0.25) is 0 Å². The van der Waals surface area contributed by atoms with Gasteiger partial charge in [0, 0.05) is 17.8 Å². The van der Waals surface area contributed by atoms with E-state index in [4.69, 9.17) is 0 Å². The number of amides is 1. The highest BCUT2D eigenvalue weighted by Crippen LogP contribution is 2.35. The number of aromatic hydroxyl groups is 1. The van der Waals surface area contributed by atoms with Gasteiger partial charge in [-0.2, -0.15) is 0 Å². The highest BCUT2D eigenvalue weighted by atomic mass is 16.3. The number of hydrogen-bond donors (Lipinski definition) is 3. The van der Waals surface area contributed by atoms with Crippen LogP contribution in [-0.4, -0.2) is 20.6 Å². The fraction of sp³-hybridized carbons (Fsp3) is 0.0870. The molecule has 0 bridgehead atoms. The normalized spacial score (nSPS) is 11.9. The van der Waals surface area contributed by atoms with E-state index in [0.717, 1.165) is 20.9 Å². The van der Waals surface area contributed by atoms with E-state index in [1.165, 1.54) is 12.3 Å². The number of hydrogen-bond acceptors (Lipinski definition) is 4. The van der Waals surface area contributed by atoms with Gasteiger partial charge < -0.3 is 10.4 Å². The molecule has 0 saturated carbocycles. The molecule has 1 amide bonds. The maximum Gasteiger partial charge on any atom is 0.328 e. The van der Waals surface area contributed by atoms with Gasteiger partial charge in [0.15, 0.2) is 0 Å². The van der Waals surface area contributed by atoms with E-state index in [-0.39, 0.29) is 12.3 Å². The summed E-state index contributed by atoms with van der Waals surface area (Å²) >= 11 is 0. The predicted octanol–water partition coefficient (Wildman–Crippen LogP) is 2.30. The lowest BCUT2D eigenvalue weighted by molar-refractivity contribution is -0.122. The number of carbonyl (C=O) groups excluding carboxylic acids is 1. The van der Waals surface area contributed by atoms with Gasteiger partial charge in [-0.25, -0.2) is 4.79 Å². The van der Waals surface area contributed by atoms with Crippen molar-refractivity contribution in [1.29, 1.82) is 0 Å². The van der Waals surface area contributed by atoms with Crippen molar-refractivity contribution in [3.8, 4) is 5.75 Å². The topological polar surface area (TPSA) is 104 Å². The first kappa shape index (κ1) is 19.2. The van der Waals surface area contributed by atoms with Gasteiger partial charge in [-0.15, -0.1) is 0 Å². The largest absolute Gasteiger partial charge is 0.508 e. The van der Waals surface area contributed by atoms with Gasteiger partial charge >= 0.3 is 5.69 Å². The molecule has 0 aliphatic heterocycles. The number of nitrogens with zero attached hydrogens (tertiary/aromatic N) is 1. The number of phenols is 1. The standard InChI is InChI=1S/C23H19N3O4/c27-18-11-10-15-6-4-5-9-17(15)21(18)22(16-7-2-1-3-8-16)24-20(29)14-26-13-12-19(28)25-23(26)30/h1-13,22,27H,14H2,(H,24,29)(H,25,28,30). The molecule has 1 unspecified atom stereocenters. The molecule has 0 fully saturated rings. The van der Waals surface area contributed by atoms with Crippen LogP contribution >= 0.6 is 0 Å². The van der Waals surface area contributed by atoms with Crippen molar-refractivity contribution in [2.75, 3.05) is 0 Å². The maximum atomic E-state index is 12.8. The van der Waals surface area contributed by atoms with Gasteiger partial charge in [-0.1, -0.05) is 60.7 Å². The molecule has 150 valence electrons. The number of rotatable bonds is 5. The number of fused-ring (bicyclic) bond motifs is 1. The Morgan fingerprint density at radius 1 is 0.967 bits per heavy atom. The molecule has 0 radical (unpaired) electrons. The average Bonchev–Trinajstić information content (AvgIpc) is 2.75. The van der Waals surface area contributed by atoms with Crippen LogP contribution < -0.4 is 16.6 Å². The Morgan fingerprint density at radius 3 is 2.47 bits per heavy atom. The molecular weight excluding hydrogens is 382 g/mol. The number of carbonyl (C=O) groups is 1. The van der Waals surface area contributed by atoms with Crippen LogP contribution in [0.25, 0.3) is 10.8 Å². The molecule has 7 heteroatoms. The summed E-state index contributed by atoms with van der Waals surface area (Å²) in [5.74, 6) is -0.380. The Labute approximate surface area is 171 Å². The summed E-state index contributed by atoms with van der Waals surface area (Å²) in [4.78, 5) is 38.1. The van der Waals surface area contributed by atoms with Gasteiger partial charge in [-0.3, -0.25) is 19.1 Å². The van der Waals surface area contributed by atoms with Crippen molar-refractivity contribution in [3.63, 3.8) is 0 Å². The smallest absolute Gasteiger partial charge is 0.328 e.